The van der Waals surface area contributed by atoms with Gasteiger partial charge in [0, 0.05) is 12.6 Å². The minimum Gasteiger partial charge on any atom is -0.496 e. The van der Waals surface area contributed by atoms with Crippen molar-refractivity contribution in [2.24, 2.45) is 5.92 Å². The highest BCUT2D eigenvalue weighted by Gasteiger charge is 2.23. The summed E-state index contributed by atoms with van der Waals surface area (Å²) < 4.78 is 10.5. The van der Waals surface area contributed by atoms with Crippen molar-refractivity contribution in [2.75, 3.05) is 13.7 Å². The molecule has 0 saturated heterocycles. The van der Waals surface area contributed by atoms with Gasteiger partial charge in [-0.05, 0) is 49.3 Å². The van der Waals surface area contributed by atoms with E-state index in [-0.39, 0.29) is 24.6 Å². The first-order valence-corrected chi connectivity index (χ1v) is 10.0. The number of ether oxygens (including phenoxy) is 2. The first-order chi connectivity index (χ1) is 14.2. The van der Waals surface area contributed by atoms with E-state index in [1.165, 1.54) is 0 Å². The molecule has 2 aromatic carbocycles. The van der Waals surface area contributed by atoms with Crippen molar-refractivity contribution >= 4 is 12.0 Å². The van der Waals surface area contributed by atoms with Gasteiger partial charge in [0.05, 0.1) is 12.7 Å². The van der Waals surface area contributed by atoms with Crippen LogP contribution in [0.4, 0.5) is 4.79 Å². The average molecular weight is 396 g/mol. The van der Waals surface area contributed by atoms with Crippen LogP contribution < -0.4 is 15.4 Å². The first kappa shape index (κ1) is 20.7. The Morgan fingerprint density at radius 2 is 1.66 bits per heavy atom. The van der Waals surface area contributed by atoms with Crippen LogP contribution >= 0.6 is 0 Å². The van der Waals surface area contributed by atoms with Crippen LogP contribution in [0.1, 0.15) is 41.6 Å². The summed E-state index contributed by atoms with van der Waals surface area (Å²) in [5, 5.41) is 5.96. The highest BCUT2D eigenvalue weighted by molar-refractivity contribution is 5.96. The molecule has 0 spiro atoms. The molecule has 6 nitrogen and oxygen atoms in total. The lowest BCUT2D eigenvalue weighted by Gasteiger charge is -2.29. The van der Waals surface area contributed by atoms with Crippen molar-refractivity contribution in [2.45, 2.75) is 38.3 Å². The fraction of sp³-hybridized carbons (Fsp3) is 0.391. The maximum atomic E-state index is 12.4. The van der Waals surface area contributed by atoms with Gasteiger partial charge in [0.1, 0.15) is 12.4 Å². The topological polar surface area (TPSA) is 76.7 Å². The number of rotatable bonds is 7. The lowest BCUT2D eigenvalue weighted by molar-refractivity contribution is 0.0939. The van der Waals surface area contributed by atoms with E-state index in [2.05, 4.69) is 10.6 Å². The largest absolute Gasteiger partial charge is 0.496 e. The van der Waals surface area contributed by atoms with E-state index >= 15 is 0 Å². The van der Waals surface area contributed by atoms with Gasteiger partial charge in [0.15, 0.2) is 0 Å². The Kier molecular flexibility index (Phi) is 7.50. The molecule has 0 unspecified atom stereocenters. The zero-order valence-corrected chi connectivity index (χ0v) is 16.7. The molecule has 1 fully saturated rings. The minimum atomic E-state index is -0.373. The van der Waals surface area contributed by atoms with Gasteiger partial charge < -0.3 is 20.1 Å². The van der Waals surface area contributed by atoms with Crippen LogP contribution in [0.25, 0.3) is 0 Å². The van der Waals surface area contributed by atoms with Crippen molar-refractivity contribution in [1.29, 1.82) is 0 Å². The quantitative estimate of drug-likeness (QED) is 0.744. The van der Waals surface area contributed by atoms with Crippen LogP contribution in [0.3, 0.4) is 0 Å². The summed E-state index contributed by atoms with van der Waals surface area (Å²) in [6.07, 6.45) is 3.30. The third kappa shape index (κ3) is 6.24. The number of carbonyl (C=O) groups is 2. The van der Waals surface area contributed by atoms with Crippen LogP contribution in [0.15, 0.2) is 54.6 Å². The number of hydrogen-bond acceptors (Lipinski definition) is 4. The Bertz CT molecular complexity index is 802. The third-order valence-corrected chi connectivity index (χ3v) is 5.28. The molecular weight excluding hydrogens is 368 g/mol. The number of para-hydroxylation sites is 1. The van der Waals surface area contributed by atoms with E-state index in [0.29, 0.717) is 23.8 Å². The van der Waals surface area contributed by atoms with Crippen molar-refractivity contribution in [3.8, 4) is 5.75 Å². The van der Waals surface area contributed by atoms with Crippen LogP contribution in [0.5, 0.6) is 5.75 Å². The van der Waals surface area contributed by atoms with Gasteiger partial charge in [-0.1, -0.05) is 42.5 Å². The lowest BCUT2D eigenvalue weighted by atomic mass is 9.86. The second-order valence-electron chi connectivity index (χ2n) is 7.33. The zero-order valence-electron chi connectivity index (χ0n) is 16.7. The number of amides is 2. The molecule has 2 aromatic rings. The molecule has 0 aromatic heterocycles. The Hall–Kier alpha value is -3.02. The van der Waals surface area contributed by atoms with Crippen molar-refractivity contribution in [3.63, 3.8) is 0 Å². The summed E-state index contributed by atoms with van der Waals surface area (Å²) in [4.78, 5) is 24.4. The van der Waals surface area contributed by atoms with E-state index in [4.69, 9.17) is 9.47 Å². The summed E-state index contributed by atoms with van der Waals surface area (Å²) in [5.74, 6) is 0.867. The predicted molar refractivity (Wildman–Crippen MR) is 111 cm³/mol. The molecule has 3 rings (SSSR count). The summed E-state index contributed by atoms with van der Waals surface area (Å²) in [6, 6.07) is 17.0. The summed E-state index contributed by atoms with van der Waals surface area (Å²) >= 11 is 0. The van der Waals surface area contributed by atoms with E-state index in [1.54, 1.807) is 19.2 Å². The van der Waals surface area contributed by atoms with Crippen molar-refractivity contribution in [3.05, 3.63) is 65.7 Å². The highest BCUT2D eigenvalue weighted by atomic mass is 16.5. The van der Waals surface area contributed by atoms with Gasteiger partial charge in [-0.3, -0.25) is 4.79 Å². The third-order valence-electron chi connectivity index (χ3n) is 5.28. The Morgan fingerprint density at radius 1 is 0.966 bits per heavy atom. The van der Waals surface area contributed by atoms with Crippen LogP contribution in [0.2, 0.25) is 0 Å². The summed E-state index contributed by atoms with van der Waals surface area (Å²) in [5.41, 5.74) is 1.52. The fourth-order valence-electron chi connectivity index (χ4n) is 3.61. The van der Waals surface area contributed by atoms with Crippen molar-refractivity contribution < 1.29 is 19.1 Å². The lowest BCUT2D eigenvalue weighted by Crippen LogP contribution is -2.40. The molecule has 0 bridgehead atoms. The molecule has 2 N–H and O–H groups in total. The maximum Gasteiger partial charge on any atom is 0.407 e. The molecule has 2 amide bonds. The molecule has 0 heterocycles. The Morgan fingerprint density at radius 3 is 2.38 bits per heavy atom. The molecule has 1 aliphatic rings. The molecular formula is C23H28N2O4. The van der Waals surface area contributed by atoms with Gasteiger partial charge in [-0.25, -0.2) is 4.79 Å². The number of carbonyl (C=O) groups excluding carboxylic acids is 2. The van der Waals surface area contributed by atoms with E-state index in [9.17, 15) is 9.59 Å². The fourth-order valence-corrected chi connectivity index (χ4v) is 3.61. The van der Waals surface area contributed by atoms with Gasteiger partial charge in [-0.2, -0.15) is 0 Å². The van der Waals surface area contributed by atoms with E-state index < -0.39 is 0 Å². The normalized spacial score (nSPS) is 18.5. The number of nitrogens with one attached hydrogen (secondary N) is 2. The van der Waals surface area contributed by atoms with E-state index in [1.807, 2.05) is 42.5 Å². The molecule has 29 heavy (non-hydrogen) atoms. The highest BCUT2D eigenvalue weighted by Crippen LogP contribution is 2.24. The molecule has 0 atom stereocenters. The van der Waals surface area contributed by atoms with Crippen LogP contribution in [-0.4, -0.2) is 31.7 Å². The number of methoxy groups -OCH3 is 1. The zero-order chi connectivity index (χ0) is 20.5. The Balaban J connectivity index is 1.36. The Labute approximate surface area is 171 Å². The van der Waals surface area contributed by atoms with Gasteiger partial charge in [-0.15, -0.1) is 0 Å². The second kappa shape index (κ2) is 10.5. The first-order valence-electron chi connectivity index (χ1n) is 10.0. The molecule has 0 aliphatic heterocycles. The number of alkyl carbamates (subject to hydrolysis) is 1. The maximum absolute atomic E-state index is 12.4. The molecule has 6 heteroatoms. The summed E-state index contributed by atoms with van der Waals surface area (Å²) in [6.45, 7) is 0.902. The molecule has 1 aliphatic carbocycles. The van der Waals surface area contributed by atoms with E-state index in [0.717, 1.165) is 31.2 Å². The molecule has 154 valence electrons. The minimum absolute atomic E-state index is 0.118. The number of benzene rings is 2. The van der Waals surface area contributed by atoms with Gasteiger partial charge in [0.2, 0.25) is 0 Å². The van der Waals surface area contributed by atoms with Gasteiger partial charge >= 0.3 is 6.09 Å². The smallest absolute Gasteiger partial charge is 0.407 e. The molecule has 1 saturated carbocycles. The van der Waals surface area contributed by atoms with Crippen LogP contribution in [-0.2, 0) is 11.3 Å². The van der Waals surface area contributed by atoms with Gasteiger partial charge in [0.25, 0.3) is 5.91 Å². The SMILES string of the molecule is COc1ccccc1C(=O)NCC1CCC(NC(=O)OCc2ccccc2)CC1. The second-order valence-corrected chi connectivity index (χ2v) is 7.33. The predicted octanol–water partition coefficient (Wildman–Crippen LogP) is 3.91. The molecule has 0 radical (unpaired) electrons. The summed E-state index contributed by atoms with van der Waals surface area (Å²) in [7, 11) is 1.56. The number of hydrogen-bond donors (Lipinski definition) is 2. The monoisotopic (exact) mass is 396 g/mol. The standard InChI is InChI=1S/C23H28N2O4/c1-28-21-10-6-5-9-20(21)22(26)24-15-17-11-13-19(14-12-17)25-23(27)29-16-18-7-3-2-4-8-18/h2-10,17,19H,11-16H2,1H3,(H,24,26)(H,25,27). The average Bonchev–Trinajstić information content (AvgIpc) is 2.77. The van der Waals surface area contributed by atoms with Crippen LogP contribution in [0, 0.1) is 5.92 Å². The van der Waals surface area contributed by atoms with Crippen molar-refractivity contribution in [1.82, 2.24) is 10.6 Å².